The van der Waals surface area contributed by atoms with Crippen molar-refractivity contribution >= 4 is 35.2 Å². The zero-order chi connectivity index (χ0) is 19.1. The molecule has 0 aliphatic carbocycles. The minimum absolute atomic E-state index is 0.245. The van der Waals surface area contributed by atoms with E-state index in [0.717, 1.165) is 6.08 Å². The van der Waals surface area contributed by atoms with E-state index in [9.17, 15) is 14.0 Å². The van der Waals surface area contributed by atoms with Crippen LogP contribution in [0.25, 0.3) is 6.08 Å². The second-order valence-corrected chi connectivity index (χ2v) is 5.68. The zero-order valence-electron chi connectivity index (χ0n) is 14.2. The van der Waals surface area contributed by atoms with Gasteiger partial charge in [0.15, 0.2) is 6.10 Å². The van der Waals surface area contributed by atoms with Gasteiger partial charge in [0.05, 0.1) is 12.1 Å². The van der Waals surface area contributed by atoms with Crippen molar-refractivity contribution < 1.29 is 23.5 Å². The molecule has 0 fully saturated rings. The third-order valence-corrected chi connectivity index (χ3v) is 3.68. The first-order chi connectivity index (χ1) is 12.4. The summed E-state index contributed by atoms with van der Waals surface area (Å²) in [4.78, 5) is 23.9. The topological polar surface area (TPSA) is 64.6 Å². The van der Waals surface area contributed by atoms with Crippen molar-refractivity contribution in [2.45, 2.75) is 13.0 Å². The maximum atomic E-state index is 13.5. The highest BCUT2D eigenvalue weighted by Crippen LogP contribution is 2.27. The number of nitrogens with one attached hydrogen (secondary N) is 1. The molecule has 1 amide bonds. The smallest absolute Gasteiger partial charge is 0.331 e. The van der Waals surface area contributed by atoms with Gasteiger partial charge >= 0.3 is 5.97 Å². The lowest BCUT2D eigenvalue weighted by atomic mass is 10.2. The molecule has 2 rings (SSSR count). The van der Waals surface area contributed by atoms with E-state index in [4.69, 9.17) is 21.1 Å². The molecular weight excluding hydrogens is 361 g/mol. The number of ether oxygens (including phenoxy) is 2. The zero-order valence-corrected chi connectivity index (χ0v) is 14.9. The van der Waals surface area contributed by atoms with Crippen LogP contribution in [-0.2, 0) is 14.3 Å². The minimum atomic E-state index is -1.05. The molecule has 7 heteroatoms. The summed E-state index contributed by atoms with van der Waals surface area (Å²) in [6.45, 7) is 1.43. The molecule has 0 radical (unpaired) electrons. The number of methoxy groups -OCH3 is 1. The van der Waals surface area contributed by atoms with Gasteiger partial charge in [0, 0.05) is 17.3 Å². The second kappa shape index (κ2) is 9.01. The van der Waals surface area contributed by atoms with E-state index < -0.39 is 23.8 Å². The molecule has 0 aliphatic heterocycles. The molecule has 136 valence electrons. The van der Waals surface area contributed by atoms with Gasteiger partial charge in [-0.2, -0.15) is 0 Å². The fourth-order valence-electron chi connectivity index (χ4n) is 2.02. The van der Waals surface area contributed by atoms with E-state index in [1.54, 1.807) is 24.3 Å². The Labute approximate surface area is 155 Å². The highest BCUT2D eigenvalue weighted by Gasteiger charge is 2.17. The number of benzene rings is 2. The van der Waals surface area contributed by atoms with Gasteiger partial charge < -0.3 is 14.8 Å². The van der Waals surface area contributed by atoms with Crippen LogP contribution in [0.3, 0.4) is 0 Å². The molecule has 0 aromatic heterocycles. The van der Waals surface area contributed by atoms with E-state index in [-0.39, 0.29) is 5.56 Å². The van der Waals surface area contributed by atoms with E-state index in [1.807, 2.05) is 0 Å². The Kier molecular flexibility index (Phi) is 6.74. The molecule has 5 nitrogen and oxygen atoms in total. The average Bonchev–Trinajstić information content (AvgIpc) is 2.61. The predicted octanol–water partition coefficient (Wildman–Crippen LogP) is 4.07. The molecule has 1 atom stereocenters. The van der Waals surface area contributed by atoms with Crippen LogP contribution in [0.1, 0.15) is 12.5 Å². The number of rotatable bonds is 6. The summed E-state index contributed by atoms with van der Waals surface area (Å²) in [6, 6.07) is 10.7. The largest absolute Gasteiger partial charge is 0.495 e. The Morgan fingerprint density at radius 2 is 1.96 bits per heavy atom. The van der Waals surface area contributed by atoms with E-state index in [0.29, 0.717) is 16.5 Å². The van der Waals surface area contributed by atoms with Crippen LogP contribution in [0.15, 0.2) is 48.5 Å². The maximum absolute atomic E-state index is 13.5. The number of carbonyl (C=O) groups is 2. The molecule has 2 aromatic carbocycles. The lowest BCUT2D eigenvalue weighted by Crippen LogP contribution is -2.29. The highest BCUT2D eigenvalue weighted by molar-refractivity contribution is 6.32. The van der Waals surface area contributed by atoms with Crippen LogP contribution < -0.4 is 10.1 Å². The van der Waals surface area contributed by atoms with Crippen LogP contribution in [0, 0.1) is 5.82 Å². The standard InChI is InChI=1S/C19H17ClFNO4/c1-12(19(24)22-14-8-9-17(25-2)15(20)11-14)26-18(23)10-7-13-5-3-4-6-16(13)21/h3-12H,1-2H3,(H,22,24)/b10-7+/t12-/m0/s1. The fraction of sp³-hybridized carbons (Fsp3) is 0.158. The van der Waals surface area contributed by atoms with Gasteiger partial charge in [-0.3, -0.25) is 4.79 Å². The number of esters is 1. The Hall–Kier alpha value is -2.86. The summed E-state index contributed by atoms with van der Waals surface area (Å²) in [5, 5.41) is 2.92. The summed E-state index contributed by atoms with van der Waals surface area (Å²) in [5.74, 6) is -1.27. The lowest BCUT2D eigenvalue weighted by molar-refractivity contribution is -0.148. The Balaban J connectivity index is 1.93. The van der Waals surface area contributed by atoms with Crippen molar-refractivity contribution in [3.8, 4) is 5.75 Å². The monoisotopic (exact) mass is 377 g/mol. The molecule has 0 spiro atoms. The molecule has 2 aromatic rings. The molecular formula is C19H17ClFNO4. The van der Waals surface area contributed by atoms with Crippen molar-refractivity contribution in [2.75, 3.05) is 12.4 Å². The van der Waals surface area contributed by atoms with E-state index in [2.05, 4.69) is 5.32 Å². The Bertz CT molecular complexity index is 838. The van der Waals surface area contributed by atoms with Crippen LogP contribution in [0.2, 0.25) is 5.02 Å². The molecule has 0 heterocycles. The van der Waals surface area contributed by atoms with E-state index >= 15 is 0 Å². The van der Waals surface area contributed by atoms with Crippen LogP contribution >= 0.6 is 11.6 Å². The van der Waals surface area contributed by atoms with Gasteiger partial charge in [-0.1, -0.05) is 29.8 Å². The summed E-state index contributed by atoms with van der Waals surface area (Å²) in [6.07, 6.45) is 1.30. The maximum Gasteiger partial charge on any atom is 0.331 e. The molecule has 26 heavy (non-hydrogen) atoms. The van der Waals surface area contributed by atoms with Gasteiger partial charge in [0.1, 0.15) is 11.6 Å². The van der Waals surface area contributed by atoms with Gasteiger partial charge in [0.2, 0.25) is 0 Å². The predicted molar refractivity (Wildman–Crippen MR) is 97.6 cm³/mol. The van der Waals surface area contributed by atoms with Crippen molar-refractivity contribution in [3.05, 3.63) is 64.9 Å². The molecule has 0 unspecified atom stereocenters. The second-order valence-electron chi connectivity index (χ2n) is 5.27. The number of carbonyl (C=O) groups excluding carboxylic acids is 2. The first-order valence-corrected chi connectivity index (χ1v) is 8.06. The molecule has 0 saturated carbocycles. The van der Waals surface area contributed by atoms with Crippen LogP contribution in [-0.4, -0.2) is 25.1 Å². The normalized spacial score (nSPS) is 11.8. The molecule has 1 N–H and O–H groups in total. The van der Waals surface area contributed by atoms with Crippen molar-refractivity contribution in [3.63, 3.8) is 0 Å². The Morgan fingerprint density at radius 3 is 2.62 bits per heavy atom. The van der Waals surface area contributed by atoms with Gasteiger partial charge in [-0.25, -0.2) is 9.18 Å². The third kappa shape index (κ3) is 5.32. The number of hydrogen-bond acceptors (Lipinski definition) is 4. The highest BCUT2D eigenvalue weighted by atomic mass is 35.5. The number of halogens is 2. The minimum Gasteiger partial charge on any atom is -0.495 e. The van der Waals surface area contributed by atoms with Gasteiger partial charge in [-0.15, -0.1) is 0 Å². The van der Waals surface area contributed by atoms with Crippen LogP contribution in [0.4, 0.5) is 10.1 Å². The lowest BCUT2D eigenvalue weighted by Gasteiger charge is -2.13. The quantitative estimate of drug-likeness (QED) is 0.608. The van der Waals surface area contributed by atoms with Gasteiger partial charge in [-0.05, 0) is 37.3 Å². The first-order valence-electron chi connectivity index (χ1n) is 7.68. The number of amides is 1. The van der Waals surface area contributed by atoms with E-state index in [1.165, 1.54) is 38.3 Å². The van der Waals surface area contributed by atoms with Crippen molar-refractivity contribution in [2.24, 2.45) is 0 Å². The average molecular weight is 378 g/mol. The third-order valence-electron chi connectivity index (χ3n) is 3.39. The van der Waals surface area contributed by atoms with Crippen molar-refractivity contribution in [1.29, 1.82) is 0 Å². The summed E-state index contributed by atoms with van der Waals surface area (Å²) in [7, 11) is 1.48. The summed E-state index contributed by atoms with van der Waals surface area (Å²) < 4.78 is 23.5. The summed E-state index contributed by atoms with van der Waals surface area (Å²) in [5.41, 5.74) is 0.681. The number of anilines is 1. The Morgan fingerprint density at radius 1 is 1.23 bits per heavy atom. The number of hydrogen-bond donors (Lipinski definition) is 1. The fourth-order valence-corrected chi connectivity index (χ4v) is 2.28. The van der Waals surface area contributed by atoms with Crippen LogP contribution in [0.5, 0.6) is 5.75 Å². The molecule has 0 bridgehead atoms. The molecule has 0 aliphatic rings. The molecule has 0 saturated heterocycles. The first kappa shape index (κ1) is 19.5. The summed E-state index contributed by atoms with van der Waals surface area (Å²) >= 11 is 5.99. The SMILES string of the molecule is COc1ccc(NC(=O)[C@H](C)OC(=O)/C=C/c2ccccc2F)cc1Cl. The van der Waals surface area contributed by atoms with Crippen molar-refractivity contribution in [1.82, 2.24) is 0 Å². The van der Waals surface area contributed by atoms with Gasteiger partial charge in [0.25, 0.3) is 5.91 Å².